The summed E-state index contributed by atoms with van der Waals surface area (Å²) in [5.74, 6) is 0. The van der Waals surface area contributed by atoms with Gasteiger partial charge in [-0.3, -0.25) is 5.32 Å². The summed E-state index contributed by atoms with van der Waals surface area (Å²) in [6.45, 7) is 1.10. The molecular weight excluding hydrogens is 333 g/mol. The van der Waals surface area contributed by atoms with Gasteiger partial charge in [0, 0.05) is 13.7 Å². The Balaban J connectivity index is 0.00000144. The van der Waals surface area contributed by atoms with Crippen LogP contribution in [0.5, 0.6) is 0 Å². The molecule has 0 radical (unpaired) electrons. The molecule has 0 bridgehead atoms. The molecule has 1 aliphatic heterocycles. The van der Waals surface area contributed by atoms with E-state index < -0.39 is 6.09 Å². The Morgan fingerprint density at radius 2 is 2.24 bits per heavy atom. The zero-order chi connectivity index (χ0) is 11.2. The van der Waals surface area contributed by atoms with Gasteiger partial charge in [-0.05, 0) is 25.0 Å². The largest absolute Gasteiger partial charge is 0.447 e. The molecule has 1 atom stereocenters. The highest BCUT2D eigenvalue weighted by molar-refractivity contribution is 14.0. The third-order valence-corrected chi connectivity index (χ3v) is 2.44. The molecule has 1 aromatic rings. The predicted molar refractivity (Wildman–Crippen MR) is 77.9 cm³/mol. The van der Waals surface area contributed by atoms with Crippen LogP contribution >= 0.6 is 24.0 Å². The molecule has 1 heterocycles. The SMILES string of the molecule is I.O=C(Nc1ccccc1)OCC1CCCO1.[HH]. The van der Waals surface area contributed by atoms with Crippen molar-refractivity contribution in [1.82, 2.24) is 0 Å². The highest BCUT2D eigenvalue weighted by atomic mass is 127. The molecule has 1 N–H and O–H groups in total. The Kier molecular flexibility index (Phi) is 6.28. The van der Waals surface area contributed by atoms with Crippen molar-refractivity contribution in [1.29, 1.82) is 0 Å². The lowest BCUT2D eigenvalue weighted by molar-refractivity contribution is 0.0484. The topological polar surface area (TPSA) is 47.6 Å². The van der Waals surface area contributed by atoms with E-state index in [1.807, 2.05) is 30.3 Å². The molecule has 0 saturated carbocycles. The number of carbonyl (C=O) groups is 1. The highest BCUT2D eigenvalue weighted by Crippen LogP contribution is 2.12. The highest BCUT2D eigenvalue weighted by Gasteiger charge is 2.17. The van der Waals surface area contributed by atoms with Gasteiger partial charge < -0.3 is 9.47 Å². The van der Waals surface area contributed by atoms with Gasteiger partial charge in [0.2, 0.25) is 0 Å². The Hall–Kier alpha value is -0.820. The molecule has 1 fully saturated rings. The van der Waals surface area contributed by atoms with Gasteiger partial charge in [-0.15, -0.1) is 24.0 Å². The van der Waals surface area contributed by atoms with Crippen molar-refractivity contribution in [3.05, 3.63) is 30.3 Å². The predicted octanol–water partition coefficient (Wildman–Crippen LogP) is 3.28. The summed E-state index contributed by atoms with van der Waals surface area (Å²) in [6.07, 6.45) is 1.66. The van der Waals surface area contributed by atoms with Crippen molar-refractivity contribution in [3.63, 3.8) is 0 Å². The second-order valence-electron chi connectivity index (χ2n) is 3.72. The van der Waals surface area contributed by atoms with Gasteiger partial charge in [-0.25, -0.2) is 4.79 Å². The van der Waals surface area contributed by atoms with Gasteiger partial charge in [0.05, 0.1) is 6.10 Å². The first-order valence-electron chi connectivity index (χ1n) is 5.45. The van der Waals surface area contributed by atoms with E-state index in [1.54, 1.807) is 0 Å². The van der Waals surface area contributed by atoms with Crippen LogP contribution in [0.1, 0.15) is 14.3 Å². The number of hydrogen-bond donors (Lipinski definition) is 1. The number of hydrogen-bond acceptors (Lipinski definition) is 3. The summed E-state index contributed by atoms with van der Waals surface area (Å²) in [5, 5.41) is 2.65. The number of rotatable bonds is 3. The van der Waals surface area contributed by atoms with Crippen LogP contribution in [0.15, 0.2) is 30.3 Å². The number of benzene rings is 1. The maximum atomic E-state index is 11.4. The Bertz CT molecular complexity index is 344. The zero-order valence-corrected chi connectivity index (χ0v) is 11.8. The van der Waals surface area contributed by atoms with E-state index >= 15 is 0 Å². The maximum absolute atomic E-state index is 11.4. The van der Waals surface area contributed by atoms with Crippen molar-refractivity contribution >= 4 is 35.8 Å². The lowest BCUT2D eigenvalue weighted by atomic mass is 10.2. The summed E-state index contributed by atoms with van der Waals surface area (Å²) >= 11 is 0. The molecule has 1 unspecified atom stereocenters. The fourth-order valence-corrected chi connectivity index (χ4v) is 1.62. The van der Waals surface area contributed by atoms with Crippen LogP contribution in [0.2, 0.25) is 0 Å². The van der Waals surface area contributed by atoms with Crippen LogP contribution in [0.3, 0.4) is 0 Å². The second kappa shape index (κ2) is 7.50. The number of anilines is 1. The number of carbonyl (C=O) groups excluding carboxylic acids is 1. The van der Waals surface area contributed by atoms with Gasteiger partial charge in [0.1, 0.15) is 6.61 Å². The number of halogens is 1. The third kappa shape index (κ3) is 4.91. The van der Waals surface area contributed by atoms with E-state index in [9.17, 15) is 4.79 Å². The Morgan fingerprint density at radius 1 is 1.47 bits per heavy atom. The molecule has 17 heavy (non-hydrogen) atoms. The first kappa shape index (κ1) is 14.2. The van der Waals surface area contributed by atoms with Crippen LogP contribution in [0.25, 0.3) is 0 Å². The van der Waals surface area contributed by atoms with E-state index in [0.29, 0.717) is 6.61 Å². The van der Waals surface area contributed by atoms with Crippen molar-refractivity contribution in [2.24, 2.45) is 0 Å². The second-order valence-corrected chi connectivity index (χ2v) is 3.72. The fourth-order valence-electron chi connectivity index (χ4n) is 1.62. The van der Waals surface area contributed by atoms with Gasteiger partial charge in [-0.1, -0.05) is 18.2 Å². The van der Waals surface area contributed by atoms with Gasteiger partial charge in [-0.2, -0.15) is 0 Å². The Labute approximate surface area is 119 Å². The van der Waals surface area contributed by atoms with Gasteiger partial charge in [0.25, 0.3) is 0 Å². The average molecular weight is 351 g/mol. The van der Waals surface area contributed by atoms with Gasteiger partial charge in [0.15, 0.2) is 0 Å². The number of para-hydroxylation sites is 1. The summed E-state index contributed by atoms with van der Waals surface area (Å²) < 4.78 is 10.4. The van der Waals surface area contributed by atoms with E-state index in [4.69, 9.17) is 9.47 Å². The van der Waals surface area contributed by atoms with Gasteiger partial charge >= 0.3 is 6.09 Å². The molecule has 4 nitrogen and oxygen atoms in total. The quantitative estimate of drug-likeness (QED) is 0.851. The van der Waals surface area contributed by atoms with Crippen LogP contribution in [-0.4, -0.2) is 25.4 Å². The number of nitrogens with one attached hydrogen (secondary N) is 1. The van der Waals surface area contributed by atoms with Crippen molar-refractivity contribution in [2.75, 3.05) is 18.5 Å². The minimum atomic E-state index is -0.429. The third-order valence-electron chi connectivity index (χ3n) is 2.44. The van der Waals surface area contributed by atoms with Crippen molar-refractivity contribution < 1.29 is 15.7 Å². The molecule has 1 saturated heterocycles. The minimum Gasteiger partial charge on any atom is -0.447 e. The first-order valence-corrected chi connectivity index (χ1v) is 5.45. The molecule has 1 aliphatic rings. The molecule has 5 heteroatoms. The zero-order valence-electron chi connectivity index (χ0n) is 9.43. The van der Waals surface area contributed by atoms with E-state index in [1.165, 1.54) is 0 Å². The normalized spacial score (nSPS) is 18.2. The molecule has 1 amide bonds. The van der Waals surface area contributed by atoms with Crippen molar-refractivity contribution in [2.45, 2.75) is 18.9 Å². The molecule has 0 aliphatic carbocycles. The summed E-state index contributed by atoms with van der Waals surface area (Å²) in [5.41, 5.74) is 0.736. The van der Waals surface area contributed by atoms with E-state index in [0.717, 1.165) is 25.1 Å². The maximum Gasteiger partial charge on any atom is 0.411 e. The summed E-state index contributed by atoms with van der Waals surface area (Å²) in [6, 6.07) is 9.23. The summed E-state index contributed by atoms with van der Waals surface area (Å²) in [7, 11) is 0. The van der Waals surface area contributed by atoms with Crippen LogP contribution < -0.4 is 5.32 Å². The smallest absolute Gasteiger partial charge is 0.411 e. The van der Waals surface area contributed by atoms with Crippen LogP contribution in [0, 0.1) is 0 Å². The van der Waals surface area contributed by atoms with E-state index in [2.05, 4.69) is 5.32 Å². The summed E-state index contributed by atoms with van der Waals surface area (Å²) in [4.78, 5) is 11.4. The van der Waals surface area contributed by atoms with E-state index in [-0.39, 0.29) is 31.5 Å². The molecule has 96 valence electrons. The molecular formula is C12H18INO3. The first-order chi connectivity index (χ1) is 7.84. The average Bonchev–Trinajstić information content (AvgIpc) is 2.81. The monoisotopic (exact) mass is 351 g/mol. The molecule has 2 rings (SSSR count). The lowest BCUT2D eigenvalue weighted by Crippen LogP contribution is -2.21. The molecule has 0 spiro atoms. The molecule has 1 aromatic carbocycles. The lowest BCUT2D eigenvalue weighted by Gasteiger charge is -2.10. The minimum absolute atomic E-state index is 0. The number of amides is 1. The molecule has 0 aromatic heterocycles. The standard InChI is InChI=1S/C12H15NO3.HI.H2/c14-12(13-10-5-2-1-3-6-10)16-9-11-7-4-8-15-11;;/h1-3,5-6,11H,4,7-9H2,(H,13,14);2*1H. The Morgan fingerprint density at radius 3 is 2.88 bits per heavy atom. The van der Waals surface area contributed by atoms with Crippen molar-refractivity contribution in [3.8, 4) is 0 Å². The number of ether oxygens (including phenoxy) is 2. The van der Waals surface area contributed by atoms with Crippen LogP contribution in [-0.2, 0) is 9.47 Å². The fraction of sp³-hybridized carbons (Fsp3) is 0.417. The van der Waals surface area contributed by atoms with Crippen LogP contribution in [0.4, 0.5) is 10.5 Å².